The fourth-order valence-electron chi connectivity index (χ4n) is 4.05. The minimum Gasteiger partial charge on any atom is -0.335 e. The van der Waals surface area contributed by atoms with Crippen LogP contribution in [-0.4, -0.2) is 45.0 Å². The van der Waals surface area contributed by atoms with Crippen LogP contribution in [0, 0.1) is 0 Å². The largest absolute Gasteiger partial charge is 0.335 e. The quantitative estimate of drug-likeness (QED) is 0.872. The van der Waals surface area contributed by atoms with E-state index in [-0.39, 0.29) is 5.54 Å². The zero-order valence-electron chi connectivity index (χ0n) is 13.4. The van der Waals surface area contributed by atoms with Crippen LogP contribution in [0.25, 0.3) is 0 Å². The van der Waals surface area contributed by atoms with Crippen molar-refractivity contribution in [2.45, 2.75) is 37.8 Å². The molecular formula is C18H23N5. The van der Waals surface area contributed by atoms with E-state index in [2.05, 4.69) is 36.9 Å². The van der Waals surface area contributed by atoms with Gasteiger partial charge in [0, 0.05) is 50.3 Å². The average molecular weight is 309 g/mol. The molecule has 2 fully saturated rings. The summed E-state index contributed by atoms with van der Waals surface area (Å²) in [6.07, 6.45) is 10.5. The maximum atomic E-state index is 4.49. The number of aromatic nitrogens is 3. The van der Waals surface area contributed by atoms with Crippen molar-refractivity contribution < 1.29 is 0 Å². The summed E-state index contributed by atoms with van der Waals surface area (Å²) >= 11 is 0. The molecule has 0 saturated carbocycles. The molecule has 0 atom stereocenters. The maximum Gasteiger partial charge on any atom is 0.225 e. The third-order valence-corrected chi connectivity index (χ3v) is 5.29. The highest BCUT2D eigenvalue weighted by molar-refractivity contribution is 5.37. The van der Waals surface area contributed by atoms with Crippen LogP contribution >= 0.6 is 0 Å². The topological polar surface area (TPSA) is 45.2 Å². The summed E-state index contributed by atoms with van der Waals surface area (Å²) in [5.41, 5.74) is 1.43. The Kier molecular flexibility index (Phi) is 3.95. The van der Waals surface area contributed by atoms with E-state index < -0.39 is 0 Å². The van der Waals surface area contributed by atoms with Gasteiger partial charge in [-0.05, 0) is 43.9 Å². The number of hydrogen-bond acceptors (Lipinski definition) is 5. The SMILES string of the molecule is c1ccc(CN2CCC3(CCCN3c3ncccn3)CC2)nc1. The molecule has 2 saturated heterocycles. The molecule has 2 aliphatic rings. The molecule has 0 amide bonds. The molecule has 2 aromatic rings. The van der Waals surface area contributed by atoms with Gasteiger partial charge in [-0.15, -0.1) is 0 Å². The molecule has 23 heavy (non-hydrogen) atoms. The highest BCUT2D eigenvalue weighted by Gasteiger charge is 2.44. The van der Waals surface area contributed by atoms with Gasteiger partial charge in [0.2, 0.25) is 5.95 Å². The second-order valence-corrected chi connectivity index (χ2v) is 6.63. The van der Waals surface area contributed by atoms with Crippen LogP contribution in [0.4, 0.5) is 5.95 Å². The molecule has 4 heterocycles. The van der Waals surface area contributed by atoms with E-state index in [4.69, 9.17) is 0 Å². The molecular weight excluding hydrogens is 286 g/mol. The first-order valence-electron chi connectivity index (χ1n) is 8.53. The van der Waals surface area contributed by atoms with Crippen LogP contribution in [0.3, 0.4) is 0 Å². The van der Waals surface area contributed by atoms with E-state index in [1.54, 1.807) is 0 Å². The second kappa shape index (κ2) is 6.24. The molecule has 0 aromatic carbocycles. The first kappa shape index (κ1) is 14.6. The Hall–Kier alpha value is -2.01. The first-order valence-corrected chi connectivity index (χ1v) is 8.53. The van der Waals surface area contributed by atoms with Gasteiger partial charge in [-0.3, -0.25) is 9.88 Å². The van der Waals surface area contributed by atoms with Crippen molar-refractivity contribution in [1.29, 1.82) is 0 Å². The minimum absolute atomic E-state index is 0.266. The molecule has 1 spiro atoms. The summed E-state index contributed by atoms with van der Waals surface area (Å²) in [4.78, 5) is 18.4. The first-order chi connectivity index (χ1) is 11.4. The zero-order chi connectivity index (χ0) is 15.5. The van der Waals surface area contributed by atoms with Gasteiger partial charge in [-0.2, -0.15) is 0 Å². The second-order valence-electron chi connectivity index (χ2n) is 6.63. The van der Waals surface area contributed by atoms with Crippen LogP contribution < -0.4 is 4.90 Å². The molecule has 0 radical (unpaired) electrons. The normalized spacial score (nSPS) is 21.0. The van der Waals surface area contributed by atoms with Gasteiger partial charge in [0.05, 0.1) is 5.69 Å². The molecule has 2 aromatic heterocycles. The molecule has 5 nitrogen and oxygen atoms in total. The summed E-state index contributed by atoms with van der Waals surface area (Å²) < 4.78 is 0. The van der Waals surface area contributed by atoms with Crippen molar-refractivity contribution in [2.75, 3.05) is 24.5 Å². The summed E-state index contributed by atoms with van der Waals surface area (Å²) in [5.74, 6) is 0.906. The van der Waals surface area contributed by atoms with Crippen LogP contribution in [0.1, 0.15) is 31.4 Å². The highest BCUT2D eigenvalue weighted by atomic mass is 15.3. The Morgan fingerprint density at radius 2 is 1.65 bits per heavy atom. The molecule has 4 rings (SSSR count). The Morgan fingerprint density at radius 1 is 0.870 bits per heavy atom. The molecule has 2 aliphatic heterocycles. The van der Waals surface area contributed by atoms with Gasteiger partial charge in [0.25, 0.3) is 0 Å². The smallest absolute Gasteiger partial charge is 0.225 e. The number of rotatable bonds is 3. The van der Waals surface area contributed by atoms with Crippen molar-refractivity contribution >= 4 is 5.95 Å². The van der Waals surface area contributed by atoms with Gasteiger partial charge < -0.3 is 4.90 Å². The summed E-state index contributed by atoms with van der Waals surface area (Å²) in [5, 5.41) is 0. The number of hydrogen-bond donors (Lipinski definition) is 0. The maximum absolute atomic E-state index is 4.49. The van der Waals surface area contributed by atoms with E-state index in [1.165, 1.54) is 25.7 Å². The molecule has 0 N–H and O–H groups in total. The van der Waals surface area contributed by atoms with Crippen LogP contribution in [-0.2, 0) is 6.54 Å². The predicted molar refractivity (Wildman–Crippen MR) is 90.1 cm³/mol. The van der Waals surface area contributed by atoms with Crippen molar-refractivity contribution in [1.82, 2.24) is 19.9 Å². The Morgan fingerprint density at radius 3 is 2.39 bits per heavy atom. The third kappa shape index (κ3) is 2.93. The minimum atomic E-state index is 0.266. The van der Waals surface area contributed by atoms with E-state index in [0.717, 1.165) is 37.8 Å². The number of nitrogens with zero attached hydrogens (tertiary/aromatic N) is 5. The van der Waals surface area contributed by atoms with Crippen molar-refractivity contribution in [3.05, 3.63) is 48.5 Å². The van der Waals surface area contributed by atoms with Crippen LogP contribution in [0.15, 0.2) is 42.9 Å². The Balaban J connectivity index is 1.43. The van der Waals surface area contributed by atoms with Crippen molar-refractivity contribution in [2.24, 2.45) is 0 Å². The van der Waals surface area contributed by atoms with Gasteiger partial charge in [0.1, 0.15) is 0 Å². The average Bonchev–Trinajstić information content (AvgIpc) is 3.02. The predicted octanol–water partition coefficient (Wildman–Crippen LogP) is 2.51. The monoisotopic (exact) mass is 309 g/mol. The standard InChI is InChI=1S/C18H23N5/c1-2-9-19-16(5-1)15-22-13-7-18(8-14-22)6-3-12-23(18)17-20-10-4-11-21-17/h1-2,4-5,9-11H,3,6-8,12-15H2. The summed E-state index contributed by atoms with van der Waals surface area (Å²) in [7, 11) is 0. The Bertz CT molecular complexity index is 622. The van der Waals surface area contributed by atoms with Gasteiger partial charge in [0.15, 0.2) is 0 Å². The lowest BCUT2D eigenvalue weighted by atomic mass is 9.85. The van der Waals surface area contributed by atoms with Gasteiger partial charge in [-0.25, -0.2) is 9.97 Å². The van der Waals surface area contributed by atoms with Gasteiger partial charge >= 0.3 is 0 Å². The van der Waals surface area contributed by atoms with Crippen molar-refractivity contribution in [3.63, 3.8) is 0 Å². The lowest BCUT2D eigenvalue weighted by molar-refractivity contribution is 0.154. The van der Waals surface area contributed by atoms with Gasteiger partial charge in [-0.1, -0.05) is 6.07 Å². The van der Waals surface area contributed by atoms with E-state index in [0.29, 0.717) is 0 Å². The molecule has 120 valence electrons. The lowest BCUT2D eigenvalue weighted by Crippen LogP contribution is -2.52. The van der Waals surface area contributed by atoms with Crippen LogP contribution in [0.2, 0.25) is 0 Å². The van der Waals surface area contributed by atoms with E-state index in [9.17, 15) is 0 Å². The zero-order valence-corrected chi connectivity index (χ0v) is 13.4. The summed E-state index contributed by atoms with van der Waals surface area (Å²) in [6, 6.07) is 8.05. The van der Waals surface area contributed by atoms with E-state index in [1.807, 2.05) is 30.7 Å². The summed E-state index contributed by atoms with van der Waals surface area (Å²) in [6.45, 7) is 4.29. The molecule has 0 bridgehead atoms. The number of pyridine rings is 1. The fourth-order valence-corrected chi connectivity index (χ4v) is 4.05. The molecule has 0 unspecified atom stereocenters. The molecule has 0 aliphatic carbocycles. The number of anilines is 1. The highest BCUT2D eigenvalue weighted by Crippen LogP contribution is 2.40. The Labute approximate surface area is 137 Å². The van der Waals surface area contributed by atoms with Crippen molar-refractivity contribution in [3.8, 4) is 0 Å². The number of likely N-dealkylation sites (tertiary alicyclic amines) is 1. The molecule has 5 heteroatoms. The van der Waals surface area contributed by atoms with Crippen LogP contribution in [0.5, 0.6) is 0 Å². The fraction of sp³-hybridized carbons (Fsp3) is 0.500. The number of piperidine rings is 1. The van der Waals surface area contributed by atoms with E-state index >= 15 is 0 Å². The lowest BCUT2D eigenvalue weighted by Gasteiger charge is -2.45. The third-order valence-electron chi connectivity index (χ3n) is 5.29.